The molecule has 2 aliphatic carbocycles. The normalized spacial score (nSPS) is 25.4. The Kier molecular flexibility index (Phi) is 4.79. The highest BCUT2D eigenvalue weighted by molar-refractivity contribution is 7.88. The maximum absolute atomic E-state index is 11.7. The second-order valence-electron chi connectivity index (χ2n) is 9.40. The Labute approximate surface area is 194 Å². The zero-order valence-corrected chi connectivity index (χ0v) is 19.4. The van der Waals surface area contributed by atoms with E-state index in [1.165, 1.54) is 17.4 Å². The van der Waals surface area contributed by atoms with E-state index in [0.29, 0.717) is 19.0 Å². The van der Waals surface area contributed by atoms with E-state index in [1.807, 2.05) is 16.9 Å². The lowest BCUT2D eigenvalue weighted by molar-refractivity contribution is 0.182. The predicted molar refractivity (Wildman–Crippen MR) is 128 cm³/mol. The number of rotatable bonds is 5. The molecule has 3 aromatic rings. The summed E-state index contributed by atoms with van der Waals surface area (Å²) < 4.78 is 26.8. The van der Waals surface area contributed by atoms with Gasteiger partial charge in [0.15, 0.2) is 5.65 Å². The van der Waals surface area contributed by atoms with Gasteiger partial charge in [0.25, 0.3) is 0 Å². The highest BCUT2D eigenvalue weighted by Gasteiger charge is 2.54. The number of nitrogens with zero attached hydrogens (tertiary/aromatic N) is 5. The van der Waals surface area contributed by atoms with Crippen LogP contribution in [0.15, 0.2) is 67.2 Å². The molecular weight excluding hydrogens is 434 g/mol. The topological polar surface area (TPSA) is 70.8 Å². The Bertz CT molecular complexity index is 1370. The van der Waals surface area contributed by atoms with Crippen LogP contribution in [0.5, 0.6) is 0 Å². The summed E-state index contributed by atoms with van der Waals surface area (Å²) in [4.78, 5) is 7.09. The standard InChI is InChI=1S/C25H27N5O2S/c1-33(31,32)29-12-10-28(11-13-29)17-19-5-7-20(8-6-19)21-15-26-24-23(16-27-30(24)18-21)25-9-3-2-4-22(25)14-25/h2-9,15-16,18,22H,10-14,17H2,1H3. The maximum Gasteiger partial charge on any atom is 0.211 e. The Hall–Kier alpha value is -2.81. The molecule has 0 radical (unpaired) electrons. The minimum Gasteiger partial charge on any atom is -0.296 e. The van der Waals surface area contributed by atoms with E-state index in [4.69, 9.17) is 4.98 Å². The van der Waals surface area contributed by atoms with Gasteiger partial charge in [0.05, 0.1) is 12.5 Å². The quantitative estimate of drug-likeness (QED) is 0.584. The van der Waals surface area contributed by atoms with Crippen molar-refractivity contribution in [1.29, 1.82) is 0 Å². The van der Waals surface area contributed by atoms with Crippen molar-refractivity contribution in [2.75, 3.05) is 32.4 Å². The fourth-order valence-corrected chi connectivity index (χ4v) is 6.02. The van der Waals surface area contributed by atoms with E-state index in [2.05, 4.69) is 64.8 Å². The zero-order valence-electron chi connectivity index (χ0n) is 18.6. The molecule has 2 unspecified atom stereocenters. The number of benzene rings is 1. The number of aromatic nitrogens is 3. The largest absolute Gasteiger partial charge is 0.296 e. The van der Waals surface area contributed by atoms with Crippen LogP contribution in [0, 0.1) is 5.92 Å². The molecule has 2 fully saturated rings. The SMILES string of the molecule is CS(=O)(=O)N1CCN(Cc2ccc(-c3cnc4c(C56C=CC=CC5C6)cnn4c3)cc2)CC1. The number of allylic oxidation sites excluding steroid dienone is 4. The molecule has 0 amide bonds. The smallest absolute Gasteiger partial charge is 0.211 e. The zero-order chi connectivity index (χ0) is 22.6. The number of hydrogen-bond donors (Lipinski definition) is 0. The van der Waals surface area contributed by atoms with Crippen LogP contribution in [-0.2, 0) is 22.0 Å². The first kappa shape index (κ1) is 20.8. The van der Waals surface area contributed by atoms with Gasteiger partial charge in [0.2, 0.25) is 10.0 Å². The van der Waals surface area contributed by atoms with Gasteiger partial charge < -0.3 is 0 Å². The molecule has 0 spiro atoms. The summed E-state index contributed by atoms with van der Waals surface area (Å²) in [7, 11) is -3.09. The van der Waals surface area contributed by atoms with Crippen LogP contribution >= 0.6 is 0 Å². The fourth-order valence-electron chi connectivity index (χ4n) is 5.19. The molecule has 2 atom stereocenters. The fraction of sp³-hybridized carbons (Fsp3) is 0.360. The van der Waals surface area contributed by atoms with Crippen LogP contribution in [0.1, 0.15) is 17.5 Å². The molecule has 170 valence electrons. The third-order valence-electron chi connectivity index (χ3n) is 7.26. The van der Waals surface area contributed by atoms with Crippen LogP contribution < -0.4 is 0 Å². The molecule has 8 heteroatoms. The number of hydrogen-bond acceptors (Lipinski definition) is 5. The van der Waals surface area contributed by atoms with Gasteiger partial charge in [-0.15, -0.1) is 0 Å². The van der Waals surface area contributed by atoms with Crippen LogP contribution in [0.3, 0.4) is 0 Å². The second-order valence-corrected chi connectivity index (χ2v) is 11.4. The summed E-state index contributed by atoms with van der Waals surface area (Å²) >= 11 is 0. The molecule has 0 N–H and O–H groups in total. The van der Waals surface area contributed by atoms with E-state index < -0.39 is 10.0 Å². The molecular formula is C25H27N5O2S. The van der Waals surface area contributed by atoms with Crippen molar-refractivity contribution in [3.63, 3.8) is 0 Å². The Morgan fingerprint density at radius 1 is 1.03 bits per heavy atom. The molecule has 1 aromatic carbocycles. The van der Waals surface area contributed by atoms with Gasteiger partial charge in [-0.1, -0.05) is 48.6 Å². The highest BCUT2D eigenvalue weighted by Crippen LogP contribution is 2.58. The van der Waals surface area contributed by atoms with E-state index in [0.717, 1.165) is 42.8 Å². The van der Waals surface area contributed by atoms with E-state index >= 15 is 0 Å². The van der Waals surface area contributed by atoms with Gasteiger partial charge in [-0.3, -0.25) is 4.90 Å². The van der Waals surface area contributed by atoms with Gasteiger partial charge >= 0.3 is 0 Å². The summed E-state index contributed by atoms with van der Waals surface area (Å²) in [5.74, 6) is 0.568. The Balaban J connectivity index is 1.16. The van der Waals surface area contributed by atoms with Crippen molar-refractivity contribution in [2.45, 2.75) is 18.4 Å². The van der Waals surface area contributed by atoms with Gasteiger partial charge in [-0.2, -0.15) is 9.40 Å². The van der Waals surface area contributed by atoms with E-state index in [9.17, 15) is 8.42 Å². The molecule has 1 saturated carbocycles. The summed E-state index contributed by atoms with van der Waals surface area (Å²) in [5, 5.41) is 4.61. The van der Waals surface area contributed by atoms with Crippen molar-refractivity contribution >= 4 is 15.7 Å². The first-order chi connectivity index (χ1) is 15.9. The minimum absolute atomic E-state index is 0.0828. The van der Waals surface area contributed by atoms with Crippen LogP contribution in [0.2, 0.25) is 0 Å². The van der Waals surface area contributed by atoms with Gasteiger partial charge in [-0.25, -0.2) is 17.9 Å². The van der Waals surface area contributed by atoms with Gasteiger partial charge in [0, 0.05) is 61.7 Å². The third-order valence-corrected chi connectivity index (χ3v) is 8.56. The van der Waals surface area contributed by atoms with Crippen molar-refractivity contribution in [3.8, 4) is 11.1 Å². The average molecular weight is 462 g/mol. The summed E-state index contributed by atoms with van der Waals surface area (Å²) in [6.45, 7) is 3.45. The van der Waals surface area contributed by atoms with Crippen LogP contribution in [0.4, 0.5) is 0 Å². The molecule has 3 aliphatic rings. The lowest BCUT2D eigenvalue weighted by Crippen LogP contribution is -2.47. The van der Waals surface area contributed by atoms with Crippen molar-refractivity contribution in [1.82, 2.24) is 23.8 Å². The summed E-state index contributed by atoms with van der Waals surface area (Å²) in [5.41, 5.74) is 5.60. The second kappa shape index (κ2) is 7.62. The number of piperazine rings is 1. The summed E-state index contributed by atoms with van der Waals surface area (Å²) in [6.07, 6.45) is 17.2. The van der Waals surface area contributed by atoms with E-state index in [-0.39, 0.29) is 5.41 Å². The van der Waals surface area contributed by atoms with Crippen molar-refractivity contribution in [3.05, 3.63) is 78.3 Å². The molecule has 1 saturated heterocycles. The monoisotopic (exact) mass is 461 g/mol. The average Bonchev–Trinajstić information content (AvgIpc) is 3.41. The van der Waals surface area contributed by atoms with Crippen molar-refractivity contribution < 1.29 is 8.42 Å². The maximum atomic E-state index is 11.7. The molecule has 3 heterocycles. The molecule has 6 rings (SSSR count). The van der Waals surface area contributed by atoms with Crippen LogP contribution in [-0.4, -0.2) is 64.7 Å². The minimum atomic E-state index is -3.09. The molecule has 7 nitrogen and oxygen atoms in total. The predicted octanol–water partition coefficient (Wildman–Crippen LogP) is 2.86. The number of fused-ring (bicyclic) bond motifs is 2. The van der Waals surface area contributed by atoms with Crippen molar-refractivity contribution in [2.24, 2.45) is 5.92 Å². The van der Waals surface area contributed by atoms with Crippen LogP contribution in [0.25, 0.3) is 16.8 Å². The van der Waals surface area contributed by atoms with Gasteiger partial charge in [0.1, 0.15) is 0 Å². The lowest BCUT2D eigenvalue weighted by Gasteiger charge is -2.33. The first-order valence-corrected chi connectivity index (χ1v) is 13.2. The molecule has 33 heavy (non-hydrogen) atoms. The summed E-state index contributed by atoms with van der Waals surface area (Å²) in [6, 6.07) is 8.53. The Morgan fingerprint density at radius 3 is 2.55 bits per heavy atom. The molecule has 2 aromatic heterocycles. The Morgan fingerprint density at radius 2 is 1.82 bits per heavy atom. The first-order valence-electron chi connectivity index (χ1n) is 11.4. The lowest BCUT2D eigenvalue weighted by atomic mass is 9.92. The third kappa shape index (κ3) is 3.72. The van der Waals surface area contributed by atoms with Gasteiger partial charge in [-0.05, 0) is 23.5 Å². The number of sulfonamides is 1. The highest BCUT2D eigenvalue weighted by atomic mass is 32.2. The van der Waals surface area contributed by atoms with E-state index in [1.54, 1.807) is 4.31 Å². The molecule has 0 bridgehead atoms. The molecule has 1 aliphatic heterocycles.